The number of carbonyl (C=O) groups is 2. The van der Waals surface area contributed by atoms with E-state index in [-0.39, 0.29) is 23.5 Å². The Balaban J connectivity index is 2.35. The van der Waals surface area contributed by atoms with E-state index in [1.54, 1.807) is 4.90 Å². The van der Waals surface area contributed by atoms with Crippen LogP contribution in [0.5, 0.6) is 0 Å². The number of benzene rings is 1. The molecule has 0 bridgehead atoms. The highest BCUT2D eigenvalue weighted by molar-refractivity contribution is 6.06. The molecule has 0 spiro atoms. The summed E-state index contributed by atoms with van der Waals surface area (Å²) in [6, 6.07) is 7.91. The van der Waals surface area contributed by atoms with Crippen LogP contribution >= 0.6 is 0 Å². The second kappa shape index (κ2) is 3.99. The number of hydrogen-bond donors (Lipinski definition) is 0. The maximum absolute atomic E-state index is 12.0. The summed E-state index contributed by atoms with van der Waals surface area (Å²) in [7, 11) is 0. The number of ketones is 1. The van der Waals surface area contributed by atoms with E-state index >= 15 is 0 Å². The fraction of sp³-hybridized carbons (Fsp3) is 0.429. The molecule has 0 unspecified atom stereocenters. The van der Waals surface area contributed by atoms with Crippen molar-refractivity contribution in [1.82, 2.24) is 0 Å². The molecule has 0 fully saturated rings. The molecule has 0 atom stereocenters. The van der Waals surface area contributed by atoms with Crippen LogP contribution < -0.4 is 4.90 Å². The lowest BCUT2D eigenvalue weighted by Crippen LogP contribution is -2.34. The van der Waals surface area contributed by atoms with Crippen molar-refractivity contribution in [2.24, 2.45) is 0 Å². The average Bonchev–Trinajstić information content (AvgIpc) is 2.51. The van der Waals surface area contributed by atoms with Gasteiger partial charge in [-0.3, -0.25) is 9.59 Å². The Bertz CT molecular complexity index is 477. The lowest BCUT2D eigenvalue weighted by Gasteiger charge is -2.20. The Hall–Kier alpha value is -1.64. The van der Waals surface area contributed by atoms with Gasteiger partial charge < -0.3 is 4.90 Å². The SMILES string of the molecule is CC(=O)CC(=O)N1CC(C)(C)c2ccccc21. The Morgan fingerprint density at radius 3 is 2.59 bits per heavy atom. The largest absolute Gasteiger partial charge is 0.311 e. The molecule has 3 heteroatoms. The number of hydrogen-bond acceptors (Lipinski definition) is 2. The minimum atomic E-state index is -0.101. The first kappa shape index (κ1) is 11.8. The van der Waals surface area contributed by atoms with Gasteiger partial charge in [0.1, 0.15) is 5.78 Å². The second-order valence-corrected chi connectivity index (χ2v) is 5.26. The zero-order valence-electron chi connectivity index (χ0n) is 10.5. The summed E-state index contributed by atoms with van der Waals surface area (Å²) in [4.78, 5) is 24.8. The zero-order valence-corrected chi connectivity index (χ0v) is 10.5. The van der Waals surface area contributed by atoms with Gasteiger partial charge in [-0.05, 0) is 18.6 Å². The molecule has 3 nitrogen and oxygen atoms in total. The van der Waals surface area contributed by atoms with Gasteiger partial charge in [0.15, 0.2) is 0 Å². The molecule has 0 aromatic heterocycles. The van der Waals surface area contributed by atoms with E-state index in [0.29, 0.717) is 6.54 Å². The molecule has 90 valence electrons. The minimum absolute atomic E-state index is 0.00951. The summed E-state index contributed by atoms with van der Waals surface area (Å²) in [6.45, 7) is 6.34. The highest BCUT2D eigenvalue weighted by Crippen LogP contribution is 2.40. The molecule has 1 aliphatic rings. The molecular formula is C14H17NO2. The average molecular weight is 231 g/mol. The first-order valence-corrected chi connectivity index (χ1v) is 5.81. The Kier molecular flexibility index (Phi) is 2.77. The molecule has 0 radical (unpaired) electrons. The summed E-state index contributed by atoms with van der Waals surface area (Å²) in [5.74, 6) is -0.187. The summed E-state index contributed by atoms with van der Waals surface area (Å²) < 4.78 is 0. The first-order valence-electron chi connectivity index (χ1n) is 5.81. The third kappa shape index (κ3) is 2.09. The molecule has 1 aromatic rings. The van der Waals surface area contributed by atoms with Crippen LogP contribution in [0.15, 0.2) is 24.3 Å². The molecule has 0 saturated carbocycles. The van der Waals surface area contributed by atoms with E-state index < -0.39 is 0 Å². The number of Topliss-reactive ketones (excluding diaryl/α,β-unsaturated/α-hetero) is 1. The lowest BCUT2D eigenvalue weighted by atomic mass is 9.87. The third-order valence-electron chi connectivity index (χ3n) is 3.18. The maximum atomic E-state index is 12.0. The van der Waals surface area contributed by atoms with Gasteiger partial charge in [-0.25, -0.2) is 0 Å². The normalized spacial score (nSPS) is 16.8. The summed E-state index contributed by atoms with van der Waals surface area (Å²) >= 11 is 0. The summed E-state index contributed by atoms with van der Waals surface area (Å²) in [5.41, 5.74) is 2.09. The van der Waals surface area contributed by atoms with E-state index in [0.717, 1.165) is 5.69 Å². The van der Waals surface area contributed by atoms with Gasteiger partial charge in [-0.1, -0.05) is 32.0 Å². The van der Waals surface area contributed by atoms with E-state index in [9.17, 15) is 9.59 Å². The standard InChI is InChI=1S/C14H17NO2/c1-10(16)8-13(17)15-9-14(2,3)11-6-4-5-7-12(11)15/h4-7H,8-9H2,1-3H3. The Morgan fingerprint density at radius 2 is 1.94 bits per heavy atom. The number of fused-ring (bicyclic) bond motifs is 1. The Labute approximate surface area is 101 Å². The monoisotopic (exact) mass is 231 g/mol. The molecule has 2 rings (SSSR count). The van der Waals surface area contributed by atoms with Crippen molar-refractivity contribution < 1.29 is 9.59 Å². The number of para-hydroxylation sites is 1. The van der Waals surface area contributed by atoms with Gasteiger partial charge in [-0.15, -0.1) is 0 Å². The number of rotatable bonds is 2. The van der Waals surface area contributed by atoms with E-state index in [4.69, 9.17) is 0 Å². The fourth-order valence-corrected chi connectivity index (χ4v) is 2.38. The van der Waals surface area contributed by atoms with Crippen molar-refractivity contribution in [3.05, 3.63) is 29.8 Å². The molecule has 17 heavy (non-hydrogen) atoms. The van der Waals surface area contributed by atoms with Crippen LogP contribution in [-0.4, -0.2) is 18.2 Å². The van der Waals surface area contributed by atoms with Crippen LogP contribution in [0, 0.1) is 0 Å². The van der Waals surface area contributed by atoms with Crippen molar-refractivity contribution in [2.45, 2.75) is 32.6 Å². The first-order chi connectivity index (χ1) is 7.92. The maximum Gasteiger partial charge on any atom is 0.234 e. The van der Waals surface area contributed by atoms with E-state index in [1.165, 1.54) is 12.5 Å². The molecule has 1 amide bonds. The molecule has 0 aliphatic carbocycles. The molecule has 0 saturated heterocycles. The molecular weight excluding hydrogens is 214 g/mol. The smallest absolute Gasteiger partial charge is 0.234 e. The Morgan fingerprint density at radius 1 is 1.29 bits per heavy atom. The highest BCUT2D eigenvalue weighted by atomic mass is 16.2. The van der Waals surface area contributed by atoms with Gasteiger partial charge in [0.2, 0.25) is 5.91 Å². The van der Waals surface area contributed by atoms with Crippen LogP contribution in [0.1, 0.15) is 32.8 Å². The topological polar surface area (TPSA) is 37.4 Å². The number of nitrogens with zero attached hydrogens (tertiary/aromatic N) is 1. The van der Waals surface area contributed by atoms with Crippen molar-refractivity contribution in [1.29, 1.82) is 0 Å². The predicted octanol–water partition coefficient (Wildman–Crippen LogP) is 2.29. The predicted molar refractivity (Wildman–Crippen MR) is 67.1 cm³/mol. The van der Waals surface area contributed by atoms with Crippen LogP contribution in [0.25, 0.3) is 0 Å². The number of carbonyl (C=O) groups excluding carboxylic acids is 2. The summed E-state index contributed by atoms with van der Waals surface area (Å²) in [5, 5.41) is 0. The van der Waals surface area contributed by atoms with Crippen LogP contribution in [0.2, 0.25) is 0 Å². The second-order valence-electron chi connectivity index (χ2n) is 5.26. The molecule has 1 aromatic carbocycles. The van der Waals surface area contributed by atoms with Crippen molar-refractivity contribution in [3.63, 3.8) is 0 Å². The minimum Gasteiger partial charge on any atom is -0.311 e. The van der Waals surface area contributed by atoms with Gasteiger partial charge in [0, 0.05) is 17.6 Å². The molecule has 1 heterocycles. The van der Waals surface area contributed by atoms with Gasteiger partial charge in [0.05, 0.1) is 6.42 Å². The molecule has 1 aliphatic heterocycles. The van der Waals surface area contributed by atoms with Gasteiger partial charge in [0.25, 0.3) is 0 Å². The third-order valence-corrected chi connectivity index (χ3v) is 3.18. The van der Waals surface area contributed by atoms with E-state index in [1.807, 2.05) is 18.2 Å². The fourth-order valence-electron chi connectivity index (χ4n) is 2.38. The van der Waals surface area contributed by atoms with E-state index in [2.05, 4.69) is 19.9 Å². The van der Waals surface area contributed by atoms with Crippen molar-refractivity contribution >= 4 is 17.4 Å². The van der Waals surface area contributed by atoms with Crippen molar-refractivity contribution in [3.8, 4) is 0 Å². The number of amides is 1. The van der Waals surface area contributed by atoms with Crippen molar-refractivity contribution in [2.75, 3.05) is 11.4 Å². The lowest BCUT2D eigenvalue weighted by molar-refractivity contribution is -0.125. The summed E-state index contributed by atoms with van der Waals surface area (Å²) in [6.07, 6.45) is -0.00951. The number of anilines is 1. The highest BCUT2D eigenvalue weighted by Gasteiger charge is 2.37. The van der Waals surface area contributed by atoms with Crippen LogP contribution in [0.3, 0.4) is 0 Å². The molecule has 0 N–H and O–H groups in total. The van der Waals surface area contributed by atoms with Gasteiger partial charge >= 0.3 is 0 Å². The quantitative estimate of drug-likeness (QED) is 0.732. The van der Waals surface area contributed by atoms with Crippen LogP contribution in [0.4, 0.5) is 5.69 Å². The zero-order chi connectivity index (χ0) is 12.6. The van der Waals surface area contributed by atoms with Crippen LogP contribution in [-0.2, 0) is 15.0 Å². The van der Waals surface area contributed by atoms with Gasteiger partial charge in [-0.2, -0.15) is 0 Å².